The molecule has 44 heavy (non-hydrogen) atoms. The van der Waals surface area contributed by atoms with Gasteiger partial charge in [-0.05, 0) is 111 Å². The Morgan fingerprint density at radius 2 is 1.16 bits per heavy atom. The molecule has 0 N–H and O–H groups in total. The number of benzene rings is 5. The third-order valence-corrected chi connectivity index (χ3v) is 10.9. The maximum absolute atomic E-state index is 9.33. The molecule has 1 unspecified atom stereocenters. The summed E-state index contributed by atoms with van der Waals surface area (Å²) < 4.78 is 2.67. The highest BCUT2D eigenvalue weighted by molar-refractivity contribution is 7.22. The van der Waals surface area contributed by atoms with Crippen molar-refractivity contribution in [2.24, 2.45) is 0 Å². The molecule has 7 aromatic rings. The lowest BCUT2D eigenvalue weighted by molar-refractivity contribution is 0.877. The van der Waals surface area contributed by atoms with Crippen molar-refractivity contribution in [2.45, 2.75) is 12.3 Å². The van der Waals surface area contributed by atoms with Gasteiger partial charge >= 0.3 is 0 Å². The van der Waals surface area contributed by atoms with Crippen molar-refractivity contribution in [3.63, 3.8) is 0 Å². The average Bonchev–Trinajstić information content (AvgIpc) is 3.73. The largest absolute Gasteiger partial charge is 0.192 e. The van der Waals surface area contributed by atoms with Crippen LogP contribution in [-0.4, -0.2) is 0 Å². The van der Waals surface area contributed by atoms with E-state index in [0.29, 0.717) is 11.5 Å². The molecular formula is C41H27NS2. The molecule has 5 aromatic carbocycles. The predicted molar refractivity (Wildman–Crippen MR) is 189 cm³/mol. The second-order valence-corrected chi connectivity index (χ2v) is 13.5. The molecular weight excluding hydrogens is 571 g/mol. The van der Waals surface area contributed by atoms with E-state index in [4.69, 9.17) is 0 Å². The molecule has 1 aliphatic rings. The molecule has 2 heterocycles. The molecule has 0 spiro atoms. The topological polar surface area (TPSA) is 23.8 Å². The monoisotopic (exact) mass is 597 g/mol. The van der Waals surface area contributed by atoms with Gasteiger partial charge < -0.3 is 0 Å². The predicted octanol–water partition coefficient (Wildman–Crippen LogP) is 12.1. The molecule has 0 saturated carbocycles. The van der Waals surface area contributed by atoms with Crippen molar-refractivity contribution in [3.8, 4) is 38.8 Å². The summed E-state index contributed by atoms with van der Waals surface area (Å²) in [5.41, 5.74) is 9.01. The van der Waals surface area contributed by atoms with Gasteiger partial charge in [-0.3, -0.25) is 0 Å². The first-order valence-corrected chi connectivity index (χ1v) is 16.5. The standard InChI is InChI=1S/C41H27NS2/c42-26-27-9-11-28(12-10-27)35-21-36(29-13-17-31(18-14-29)40-24-33-5-1-3-7-38(33)43-40)23-37(22-35)30-15-19-32(20-16-30)41-25-34-6-2-4-8-39(34)44-41/h1-19,21-25,32H,20H2. The SMILES string of the molecule is N#Cc1ccc(-c2cc(C3=CCC(c4cc5ccccc5s4)C=C3)cc(-c3ccc(-c4cc5ccccc5s4)cc3)c2)cc1. The molecule has 208 valence electrons. The maximum atomic E-state index is 9.33. The smallest absolute Gasteiger partial charge is 0.0991 e. The van der Waals surface area contributed by atoms with E-state index in [1.54, 1.807) is 0 Å². The zero-order valence-corrected chi connectivity index (χ0v) is 25.5. The summed E-state index contributed by atoms with van der Waals surface area (Å²) in [4.78, 5) is 2.71. The van der Waals surface area contributed by atoms with Crippen LogP contribution in [0.5, 0.6) is 0 Å². The number of nitriles is 1. The van der Waals surface area contributed by atoms with Crippen molar-refractivity contribution >= 4 is 48.4 Å². The fourth-order valence-corrected chi connectivity index (χ4v) is 8.27. The molecule has 0 radical (unpaired) electrons. The van der Waals surface area contributed by atoms with Gasteiger partial charge in [0.1, 0.15) is 0 Å². The number of thiophene rings is 2. The fourth-order valence-electron chi connectivity index (χ4n) is 6.05. The number of nitrogens with zero attached hydrogens (tertiary/aromatic N) is 1. The van der Waals surface area contributed by atoms with Crippen LogP contribution in [0.15, 0.2) is 146 Å². The van der Waals surface area contributed by atoms with Crippen LogP contribution >= 0.6 is 22.7 Å². The molecule has 0 aliphatic heterocycles. The summed E-state index contributed by atoms with van der Waals surface area (Å²) >= 11 is 3.74. The Morgan fingerprint density at radius 1 is 0.568 bits per heavy atom. The Kier molecular flexibility index (Phi) is 6.80. The average molecular weight is 598 g/mol. The number of fused-ring (bicyclic) bond motifs is 2. The first-order valence-electron chi connectivity index (χ1n) is 14.8. The minimum atomic E-state index is 0.402. The van der Waals surface area contributed by atoms with Crippen LogP contribution in [-0.2, 0) is 0 Å². The van der Waals surface area contributed by atoms with Crippen molar-refractivity contribution < 1.29 is 0 Å². The molecule has 0 amide bonds. The van der Waals surface area contributed by atoms with Crippen LogP contribution in [0.25, 0.3) is 58.4 Å². The van der Waals surface area contributed by atoms with Crippen molar-refractivity contribution in [2.75, 3.05) is 0 Å². The molecule has 1 aliphatic carbocycles. The van der Waals surface area contributed by atoms with E-state index in [1.807, 2.05) is 34.8 Å². The summed E-state index contributed by atoms with van der Waals surface area (Å²) in [7, 11) is 0. The molecule has 0 saturated heterocycles. The van der Waals surface area contributed by atoms with Gasteiger partial charge in [-0.15, -0.1) is 22.7 Å². The van der Waals surface area contributed by atoms with E-state index in [0.717, 1.165) is 17.5 Å². The fraction of sp³-hybridized carbons (Fsp3) is 0.0488. The third kappa shape index (κ3) is 5.09. The minimum absolute atomic E-state index is 0.402. The normalized spacial score (nSPS) is 14.5. The van der Waals surface area contributed by atoms with Crippen LogP contribution in [0.4, 0.5) is 0 Å². The first-order chi connectivity index (χ1) is 21.7. The summed E-state index contributed by atoms with van der Waals surface area (Å²) in [5, 5.41) is 12.0. The Balaban J connectivity index is 1.14. The summed E-state index contributed by atoms with van der Waals surface area (Å²) in [6, 6.07) is 47.8. The summed E-state index contributed by atoms with van der Waals surface area (Å²) in [5.74, 6) is 0.402. The Bertz CT molecular complexity index is 2190. The van der Waals surface area contributed by atoms with E-state index in [2.05, 4.69) is 140 Å². The Morgan fingerprint density at radius 3 is 1.77 bits per heavy atom. The molecule has 0 bridgehead atoms. The van der Waals surface area contributed by atoms with Gasteiger partial charge in [-0.1, -0.05) is 91.0 Å². The lowest BCUT2D eigenvalue weighted by Gasteiger charge is -2.17. The van der Waals surface area contributed by atoms with Gasteiger partial charge in [0.05, 0.1) is 11.6 Å². The van der Waals surface area contributed by atoms with Crippen molar-refractivity contribution in [1.82, 2.24) is 0 Å². The highest BCUT2D eigenvalue weighted by Gasteiger charge is 2.16. The lowest BCUT2D eigenvalue weighted by Crippen LogP contribution is -1.97. The van der Waals surface area contributed by atoms with E-state index < -0.39 is 0 Å². The summed E-state index contributed by atoms with van der Waals surface area (Å²) in [6.45, 7) is 0. The number of hydrogen-bond donors (Lipinski definition) is 0. The van der Waals surface area contributed by atoms with Crippen LogP contribution in [0.1, 0.15) is 28.3 Å². The molecule has 2 aromatic heterocycles. The van der Waals surface area contributed by atoms with Crippen molar-refractivity contribution in [3.05, 3.63) is 162 Å². The van der Waals surface area contributed by atoms with Gasteiger partial charge in [-0.2, -0.15) is 5.26 Å². The molecule has 1 nitrogen and oxygen atoms in total. The van der Waals surface area contributed by atoms with Gasteiger partial charge in [0, 0.05) is 25.1 Å². The van der Waals surface area contributed by atoms with E-state index >= 15 is 0 Å². The zero-order valence-electron chi connectivity index (χ0n) is 23.9. The number of hydrogen-bond acceptors (Lipinski definition) is 3. The Labute approximate surface area is 265 Å². The van der Waals surface area contributed by atoms with Crippen molar-refractivity contribution in [1.29, 1.82) is 5.26 Å². The Hall–Kier alpha value is -5.01. The maximum Gasteiger partial charge on any atom is 0.0991 e. The third-order valence-electron chi connectivity index (χ3n) is 8.45. The highest BCUT2D eigenvalue weighted by Crippen LogP contribution is 2.39. The van der Waals surface area contributed by atoms with Gasteiger partial charge in [0.25, 0.3) is 0 Å². The van der Waals surface area contributed by atoms with E-state index in [-0.39, 0.29) is 0 Å². The lowest BCUT2D eigenvalue weighted by atomic mass is 9.88. The quantitative estimate of drug-likeness (QED) is 0.194. The van der Waals surface area contributed by atoms with E-state index in [9.17, 15) is 5.26 Å². The van der Waals surface area contributed by atoms with Crippen LogP contribution in [0.2, 0.25) is 0 Å². The second-order valence-electron chi connectivity index (χ2n) is 11.3. The molecule has 3 heteroatoms. The first kappa shape index (κ1) is 26.6. The molecule has 8 rings (SSSR count). The highest BCUT2D eigenvalue weighted by atomic mass is 32.1. The minimum Gasteiger partial charge on any atom is -0.192 e. The molecule has 0 fully saturated rings. The molecule has 1 atom stereocenters. The van der Waals surface area contributed by atoms with Gasteiger partial charge in [0.15, 0.2) is 0 Å². The summed E-state index contributed by atoms with van der Waals surface area (Å²) in [6.07, 6.45) is 8.04. The second kappa shape index (κ2) is 11.2. The zero-order chi connectivity index (χ0) is 29.5. The van der Waals surface area contributed by atoms with Crippen LogP contribution in [0.3, 0.4) is 0 Å². The van der Waals surface area contributed by atoms with Gasteiger partial charge in [-0.25, -0.2) is 0 Å². The number of rotatable bonds is 5. The van der Waals surface area contributed by atoms with Crippen LogP contribution in [0, 0.1) is 11.3 Å². The van der Waals surface area contributed by atoms with Gasteiger partial charge in [0.2, 0.25) is 0 Å². The van der Waals surface area contributed by atoms with Crippen LogP contribution < -0.4 is 0 Å². The number of allylic oxidation sites excluding steroid dienone is 4. The van der Waals surface area contributed by atoms with E-state index in [1.165, 1.54) is 57.8 Å².